The van der Waals surface area contributed by atoms with Crippen molar-refractivity contribution in [1.82, 2.24) is 19.3 Å². The second kappa shape index (κ2) is 7.94. The molecule has 1 atom stereocenters. The Morgan fingerprint density at radius 2 is 2.00 bits per heavy atom. The Bertz CT molecular complexity index is 1350. The van der Waals surface area contributed by atoms with Crippen molar-refractivity contribution in [2.45, 2.75) is 57.5 Å². The van der Waals surface area contributed by atoms with Gasteiger partial charge < -0.3 is 4.57 Å². The SMILES string of the molecule is CCn1cc2cc(C3CCC(C(=O)CC4c5c(F)cccc5-c5cncn54)CC3)ccc2n1. The van der Waals surface area contributed by atoms with Crippen molar-refractivity contribution in [1.29, 1.82) is 0 Å². The molecule has 6 heteroatoms. The van der Waals surface area contributed by atoms with E-state index in [1.54, 1.807) is 18.6 Å². The summed E-state index contributed by atoms with van der Waals surface area (Å²) in [6.45, 7) is 2.96. The molecule has 1 unspecified atom stereocenters. The molecule has 0 saturated heterocycles. The van der Waals surface area contributed by atoms with Gasteiger partial charge in [-0.25, -0.2) is 9.37 Å². The van der Waals surface area contributed by atoms with E-state index in [1.165, 1.54) is 17.0 Å². The van der Waals surface area contributed by atoms with E-state index in [-0.39, 0.29) is 23.6 Å². The minimum Gasteiger partial charge on any atom is -0.322 e. The highest BCUT2D eigenvalue weighted by Gasteiger charge is 2.35. The van der Waals surface area contributed by atoms with Gasteiger partial charge in [-0.1, -0.05) is 18.2 Å². The summed E-state index contributed by atoms with van der Waals surface area (Å²) >= 11 is 0. The molecule has 5 nitrogen and oxygen atoms in total. The van der Waals surface area contributed by atoms with Gasteiger partial charge in [0.25, 0.3) is 0 Å². The topological polar surface area (TPSA) is 52.7 Å². The molecule has 0 amide bonds. The Balaban J connectivity index is 1.15. The van der Waals surface area contributed by atoms with Crippen LogP contribution in [0.3, 0.4) is 0 Å². The second-order valence-electron chi connectivity index (χ2n) is 9.43. The number of carbonyl (C=O) groups is 1. The zero-order chi connectivity index (χ0) is 22.5. The normalized spacial score (nSPS) is 21.8. The smallest absolute Gasteiger partial charge is 0.138 e. The maximum Gasteiger partial charge on any atom is 0.138 e. The molecule has 0 spiro atoms. The van der Waals surface area contributed by atoms with Gasteiger partial charge in [0.15, 0.2) is 0 Å². The Kier molecular flexibility index (Phi) is 4.89. The van der Waals surface area contributed by atoms with Crippen molar-refractivity contribution in [3.8, 4) is 11.3 Å². The highest BCUT2D eigenvalue weighted by Crippen LogP contribution is 2.44. The molecule has 3 heterocycles. The summed E-state index contributed by atoms with van der Waals surface area (Å²) in [5.41, 5.74) is 4.77. The highest BCUT2D eigenvalue weighted by atomic mass is 19.1. The summed E-state index contributed by atoms with van der Waals surface area (Å²) in [5.74, 6) is 0.539. The second-order valence-corrected chi connectivity index (χ2v) is 9.43. The van der Waals surface area contributed by atoms with Crippen LogP contribution in [-0.2, 0) is 11.3 Å². The first-order valence-electron chi connectivity index (χ1n) is 11.9. The fourth-order valence-corrected chi connectivity index (χ4v) is 5.82. The van der Waals surface area contributed by atoms with Crippen LogP contribution in [0.4, 0.5) is 4.39 Å². The van der Waals surface area contributed by atoms with E-state index in [1.807, 2.05) is 15.3 Å². The summed E-state index contributed by atoms with van der Waals surface area (Å²) < 4.78 is 18.6. The third-order valence-electron chi connectivity index (χ3n) is 7.61. The van der Waals surface area contributed by atoms with E-state index in [2.05, 4.69) is 41.4 Å². The number of fused-ring (bicyclic) bond motifs is 4. The zero-order valence-electron chi connectivity index (χ0n) is 18.7. The summed E-state index contributed by atoms with van der Waals surface area (Å²) in [4.78, 5) is 17.5. The molecule has 1 fully saturated rings. The molecule has 4 aromatic rings. The molecule has 2 aromatic heterocycles. The van der Waals surface area contributed by atoms with Crippen LogP contribution in [0.15, 0.2) is 55.1 Å². The number of rotatable bonds is 5. The molecule has 0 bridgehead atoms. The molecule has 168 valence electrons. The van der Waals surface area contributed by atoms with Crippen LogP contribution >= 0.6 is 0 Å². The number of ketones is 1. The Hall–Kier alpha value is -3.28. The minimum absolute atomic E-state index is 0.0515. The van der Waals surface area contributed by atoms with Gasteiger partial charge in [-0.2, -0.15) is 5.10 Å². The van der Waals surface area contributed by atoms with Gasteiger partial charge in [0.2, 0.25) is 0 Å². The standard InChI is InChI=1S/C27H27FN4O/c1-2-31-15-20-12-19(10-11-23(20)30-31)17-6-8-18(9-7-17)26(33)13-24-27-21(4-3-5-22(27)28)25-14-29-16-32(24)25/h3-5,10-12,14-18,24H,2,6-9,13H2,1H3. The molecule has 2 aromatic carbocycles. The molecule has 33 heavy (non-hydrogen) atoms. The number of aromatic nitrogens is 4. The predicted octanol–water partition coefficient (Wildman–Crippen LogP) is 5.89. The van der Waals surface area contributed by atoms with Crippen molar-refractivity contribution >= 4 is 16.7 Å². The summed E-state index contributed by atoms with van der Waals surface area (Å²) in [6, 6.07) is 11.4. The van der Waals surface area contributed by atoms with Gasteiger partial charge in [-0.05, 0) is 62.3 Å². The molecule has 1 aliphatic heterocycles. The van der Waals surface area contributed by atoms with Crippen LogP contribution in [0.5, 0.6) is 0 Å². The van der Waals surface area contributed by atoms with E-state index in [0.717, 1.165) is 49.0 Å². The van der Waals surface area contributed by atoms with Crippen molar-refractivity contribution in [3.05, 3.63) is 72.1 Å². The van der Waals surface area contributed by atoms with Crippen LogP contribution < -0.4 is 0 Å². The fraction of sp³-hybridized carbons (Fsp3) is 0.370. The summed E-state index contributed by atoms with van der Waals surface area (Å²) in [6.07, 6.45) is 9.72. The maximum atomic E-state index is 14.7. The minimum atomic E-state index is -0.290. The molecule has 6 rings (SSSR count). The van der Waals surface area contributed by atoms with Gasteiger partial charge in [0, 0.05) is 41.6 Å². The average Bonchev–Trinajstić information content (AvgIpc) is 3.54. The number of Topliss-reactive ketones (excluding diaryl/α,β-unsaturated/α-hetero) is 1. The molecular formula is C27H27FN4O. The zero-order valence-corrected chi connectivity index (χ0v) is 18.7. The number of benzene rings is 2. The highest BCUT2D eigenvalue weighted by molar-refractivity contribution is 5.83. The third-order valence-corrected chi connectivity index (χ3v) is 7.61. The third kappa shape index (κ3) is 3.39. The van der Waals surface area contributed by atoms with Crippen molar-refractivity contribution in [2.24, 2.45) is 5.92 Å². The molecular weight excluding hydrogens is 415 g/mol. The van der Waals surface area contributed by atoms with Crippen LogP contribution in [-0.4, -0.2) is 25.1 Å². The van der Waals surface area contributed by atoms with Crippen LogP contribution in [0, 0.1) is 11.7 Å². The number of nitrogens with zero attached hydrogens (tertiary/aromatic N) is 4. The van der Waals surface area contributed by atoms with Gasteiger partial charge in [0.1, 0.15) is 11.6 Å². The Morgan fingerprint density at radius 1 is 1.15 bits per heavy atom. The number of hydrogen-bond acceptors (Lipinski definition) is 3. The molecule has 0 radical (unpaired) electrons. The van der Waals surface area contributed by atoms with Crippen LogP contribution in [0.2, 0.25) is 0 Å². The number of carbonyl (C=O) groups excluding carboxylic acids is 1. The Labute approximate surface area is 192 Å². The number of aryl methyl sites for hydroxylation is 1. The fourth-order valence-electron chi connectivity index (χ4n) is 5.82. The summed E-state index contributed by atoms with van der Waals surface area (Å²) in [5, 5.41) is 5.76. The predicted molar refractivity (Wildman–Crippen MR) is 125 cm³/mol. The van der Waals surface area contributed by atoms with E-state index >= 15 is 0 Å². The van der Waals surface area contributed by atoms with Crippen LogP contribution in [0.1, 0.15) is 62.1 Å². The van der Waals surface area contributed by atoms with Gasteiger partial charge in [-0.15, -0.1) is 0 Å². The van der Waals surface area contributed by atoms with Crippen LogP contribution in [0.25, 0.3) is 22.2 Å². The quantitative estimate of drug-likeness (QED) is 0.387. The van der Waals surface area contributed by atoms with Gasteiger partial charge >= 0.3 is 0 Å². The monoisotopic (exact) mass is 442 g/mol. The van der Waals surface area contributed by atoms with Gasteiger partial charge in [-0.3, -0.25) is 9.48 Å². The van der Waals surface area contributed by atoms with Crippen molar-refractivity contribution < 1.29 is 9.18 Å². The van der Waals surface area contributed by atoms with Crippen molar-refractivity contribution in [3.63, 3.8) is 0 Å². The van der Waals surface area contributed by atoms with Gasteiger partial charge in [0.05, 0.1) is 29.8 Å². The lowest BCUT2D eigenvalue weighted by molar-refractivity contribution is -0.124. The molecule has 1 aliphatic carbocycles. The average molecular weight is 443 g/mol. The van der Waals surface area contributed by atoms with Crippen molar-refractivity contribution in [2.75, 3.05) is 0 Å². The van der Waals surface area contributed by atoms with E-state index in [0.29, 0.717) is 17.9 Å². The summed E-state index contributed by atoms with van der Waals surface area (Å²) in [7, 11) is 0. The molecule has 0 N–H and O–H groups in total. The first-order chi connectivity index (χ1) is 16.1. The number of hydrogen-bond donors (Lipinski definition) is 0. The lowest BCUT2D eigenvalue weighted by Crippen LogP contribution is -2.24. The lowest BCUT2D eigenvalue weighted by atomic mass is 9.76. The Morgan fingerprint density at radius 3 is 2.82 bits per heavy atom. The first-order valence-corrected chi connectivity index (χ1v) is 11.9. The maximum absolute atomic E-state index is 14.7. The number of imidazole rings is 1. The number of halogens is 1. The largest absolute Gasteiger partial charge is 0.322 e. The first kappa shape index (κ1) is 20.3. The van der Waals surface area contributed by atoms with E-state index in [4.69, 9.17) is 0 Å². The molecule has 1 saturated carbocycles. The lowest BCUT2D eigenvalue weighted by Gasteiger charge is -2.29. The van der Waals surface area contributed by atoms with E-state index in [9.17, 15) is 9.18 Å². The molecule has 2 aliphatic rings. The van der Waals surface area contributed by atoms with E-state index < -0.39 is 0 Å².